The molecule has 3 heteroatoms. The minimum Gasteiger partial charge on any atom is -0.294 e. The highest BCUT2D eigenvalue weighted by Crippen LogP contribution is 2.36. The Labute approximate surface area is 92.0 Å². The maximum absolute atomic E-state index is 9.13. The van der Waals surface area contributed by atoms with Crippen molar-refractivity contribution in [2.75, 3.05) is 0 Å². The molecule has 1 aliphatic carbocycles. The number of hydroxylamine groups is 2. The maximum atomic E-state index is 9.13. The average Bonchev–Trinajstić information content (AvgIpc) is 2.27. The Morgan fingerprint density at radius 2 is 2.07 bits per heavy atom. The van der Waals surface area contributed by atoms with Crippen LogP contribution in [0.2, 0.25) is 0 Å². The summed E-state index contributed by atoms with van der Waals surface area (Å²) >= 11 is 0. The highest BCUT2D eigenvalue weighted by Gasteiger charge is 2.38. The summed E-state index contributed by atoms with van der Waals surface area (Å²) in [6.07, 6.45) is 6.39. The van der Waals surface area contributed by atoms with Crippen LogP contribution in [-0.4, -0.2) is 23.3 Å². The van der Waals surface area contributed by atoms with Crippen molar-refractivity contribution in [1.82, 2.24) is 5.06 Å². The molecule has 3 nitrogen and oxygen atoms in total. The second-order valence-electron chi connectivity index (χ2n) is 5.02. The van der Waals surface area contributed by atoms with Gasteiger partial charge in [-0.1, -0.05) is 12.8 Å². The molecule has 0 bridgehead atoms. The summed E-state index contributed by atoms with van der Waals surface area (Å²) in [6, 6.07) is 2.63. The minimum atomic E-state index is -0.0376. The van der Waals surface area contributed by atoms with Crippen molar-refractivity contribution in [2.45, 2.75) is 64.1 Å². The molecule has 1 saturated heterocycles. The molecular weight excluding hydrogens is 188 g/mol. The molecule has 1 heterocycles. The zero-order valence-corrected chi connectivity index (χ0v) is 9.65. The zero-order valence-electron chi connectivity index (χ0n) is 9.65. The quantitative estimate of drug-likeness (QED) is 0.664. The van der Waals surface area contributed by atoms with Crippen LogP contribution in [0.1, 0.15) is 46.0 Å². The van der Waals surface area contributed by atoms with Crippen LogP contribution in [0.15, 0.2) is 0 Å². The van der Waals surface area contributed by atoms with Crippen LogP contribution in [0.5, 0.6) is 0 Å². The highest BCUT2D eigenvalue weighted by molar-refractivity contribution is 4.96. The molecule has 3 atom stereocenters. The van der Waals surface area contributed by atoms with Gasteiger partial charge in [0.25, 0.3) is 0 Å². The number of hydrogen-bond acceptors (Lipinski definition) is 3. The van der Waals surface area contributed by atoms with E-state index in [1.165, 1.54) is 25.7 Å². The molecule has 3 unspecified atom stereocenters. The van der Waals surface area contributed by atoms with Crippen LogP contribution in [-0.2, 0) is 4.84 Å². The lowest BCUT2D eigenvalue weighted by atomic mass is 9.81. The van der Waals surface area contributed by atoms with Crippen LogP contribution in [0.4, 0.5) is 0 Å². The minimum absolute atomic E-state index is 0.0376. The topological polar surface area (TPSA) is 36.3 Å². The third-order valence-electron chi connectivity index (χ3n) is 3.59. The molecule has 0 aromatic rings. The van der Waals surface area contributed by atoms with Gasteiger partial charge in [0.15, 0.2) is 0 Å². The molecule has 2 fully saturated rings. The summed E-state index contributed by atoms with van der Waals surface area (Å²) in [7, 11) is 0. The van der Waals surface area contributed by atoms with Crippen molar-refractivity contribution in [2.24, 2.45) is 5.92 Å². The molecule has 15 heavy (non-hydrogen) atoms. The molecule has 0 amide bonds. The van der Waals surface area contributed by atoms with Gasteiger partial charge >= 0.3 is 0 Å². The Bertz CT molecular complexity index is 259. The smallest absolute Gasteiger partial charge is 0.122 e. The van der Waals surface area contributed by atoms with E-state index < -0.39 is 0 Å². The second kappa shape index (κ2) is 4.51. The molecule has 1 aliphatic heterocycles. The largest absolute Gasteiger partial charge is 0.294 e. The van der Waals surface area contributed by atoms with Gasteiger partial charge in [0.2, 0.25) is 0 Å². The molecule has 0 spiro atoms. The first kappa shape index (κ1) is 10.9. The first-order valence-corrected chi connectivity index (χ1v) is 6.07. The monoisotopic (exact) mass is 208 g/mol. The third kappa shape index (κ3) is 2.16. The van der Waals surface area contributed by atoms with Gasteiger partial charge in [-0.05, 0) is 39.0 Å². The first-order valence-electron chi connectivity index (χ1n) is 6.07. The second-order valence-corrected chi connectivity index (χ2v) is 5.02. The lowest BCUT2D eigenvalue weighted by Gasteiger charge is -2.44. The molecule has 0 radical (unpaired) electrons. The van der Waals surface area contributed by atoms with Gasteiger partial charge < -0.3 is 0 Å². The van der Waals surface area contributed by atoms with Gasteiger partial charge in [0.1, 0.15) is 6.04 Å². The summed E-state index contributed by atoms with van der Waals surface area (Å²) in [5.41, 5.74) is 0. The van der Waals surface area contributed by atoms with E-state index in [1.54, 1.807) is 0 Å². The molecule has 84 valence electrons. The van der Waals surface area contributed by atoms with E-state index >= 15 is 0 Å². The van der Waals surface area contributed by atoms with Gasteiger partial charge in [-0.3, -0.25) is 4.84 Å². The lowest BCUT2D eigenvalue weighted by molar-refractivity contribution is -0.276. The zero-order chi connectivity index (χ0) is 10.8. The van der Waals surface area contributed by atoms with E-state index in [0.717, 1.165) is 6.42 Å². The molecule has 0 aromatic carbocycles. The van der Waals surface area contributed by atoms with Gasteiger partial charge in [-0.25, -0.2) is 0 Å². The Morgan fingerprint density at radius 3 is 2.73 bits per heavy atom. The normalized spacial score (nSPS) is 37.3. The predicted molar refractivity (Wildman–Crippen MR) is 57.8 cm³/mol. The molecule has 2 rings (SSSR count). The lowest BCUT2D eigenvalue weighted by Crippen LogP contribution is -2.51. The van der Waals surface area contributed by atoms with E-state index in [-0.39, 0.29) is 6.04 Å². The van der Waals surface area contributed by atoms with Crippen molar-refractivity contribution in [1.29, 1.82) is 5.26 Å². The summed E-state index contributed by atoms with van der Waals surface area (Å²) in [6.45, 7) is 4.18. The summed E-state index contributed by atoms with van der Waals surface area (Å²) in [4.78, 5) is 5.97. The predicted octanol–water partition coefficient (Wildman–Crippen LogP) is 2.48. The Kier molecular flexibility index (Phi) is 3.28. The highest BCUT2D eigenvalue weighted by atomic mass is 16.7. The number of fused-ring (bicyclic) bond motifs is 1. The van der Waals surface area contributed by atoms with Crippen molar-refractivity contribution in [3.8, 4) is 6.07 Å². The SMILES string of the molecule is CC(C)N1OC2CCCCC2CC1C#N. The van der Waals surface area contributed by atoms with Crippen LogP contribution in [0, 0.1) is 17.2 Å². The van der Waals surface area contributed by atoms with Crippen LogP contribution >= 0.6 is 0 Å². The fraction of sp³-hybridized carbons (Fsp3) is 0.917. The number of rotatable bonds is 1. The summed E-state index contributed by atoms with van der Waals surface area (Å²) < 4.78 is 0. The molecular formula is C12H20N2O. The number of nitrogens with zero attached hydrogens (tertiary/aromatic N) is 2. The average molecular weight is 208 g/mol. The van der Waals surface area contributed by atoms with Crippen molar-refractivity contribution in [3.05, 3.63) is 0 Å². The van der Waals surface area contributed by atoms with E-state index in [4.69, 9.17) is 10.1 Å². The van der Waals surface area contributed by atoms with Crippen molar-refractivity contribution < 1.29 is 4.84 Å². The third-order valence-corrected chi connectivity index (χ3v) is 3.59. The van der Waals surface area contributed by atoms with Gasteiger partial charge in [-0.2, -0.15) is 10.3 Å². The standard InChI is InChI=1S/C12H20N2O/c1-9(2)14-11(8-13)7-10-5-3-4-6-12(10)15-14/h9-12H,3-7H2,1-2H3. The van der Waals surface area contributed by atoms with Gasteiger partial charge in [0, 0.05) is 6.04 Å². The Hall–Kier alpha value is -0.590. The van der Waals surface area contributed by atoms with Gasteiger partial charge in [-0.15, -0.1) is 0 Å². The molecule has 2 aliphatic rings. The maximum Gasteiger partial charge on any atom is 0.122 e. The van der Waals surface area contributed by atoms with E-state index in [1.807, 2.05) is 5.06 Å². The number of nitriles is 1. The van der Waals surface area contributed by atoms with Gasteiger partial charge in [0.05, 0.1) is 12.2 Å². The Morgan fingerprint density at radius 1 is 1.33 bits per heavy atom. The fourth-order valence-electron chi connectivity index (χ4n) is 2.79. The fourth-order valence-corrected chi connectivity index (χ4v) is 2.79. The Balaban J connectivity index is 2.06. The first-order chi connectivity index (χ1) is 7.22. The van der Waals surface area contributed by atoms with Crippen LogP contribution in [0.3, 0.4) is 0 Å². The van der Waals surface area contributed by atoms with Crippen molar-refractivity contribution >= 4 is 0 Å². The van der Waals surface area contributed by atoms with Crippen LogP contribution in [0.25, 0.3) is 0 Å². The van der Waals surface area contributed by atoms with Crippen molar-refractivity contribution in [3.63, 3.8) is 0 Å². The molecule has 0 aromatic heterocycles. The summed E-state index contributed by atoms with van der Waals surface area (Å²) in [5.74, 6) is 0.624. The van der Waals surface area contributed by atoms with E-state index in [9.17, 15) is 0 Å². The number of hydrogen-bond donors (Lipinski definition) is 0. The summed E-state index contributed by atoms with van der Waals surface area (Å²) in [5, 5.41) is 11.0. The molecule has 1 saturated carbocycles. The van der Waals surface area contributed by atoms with E-state index in [0.29, 0.717) is 18.1 Å². The molecule has 0 N–H and O–H groups in total. The van der Waals surface area contributed by atoms with E-state index in [2.05, 4.69) is 19.9 Å². The van der Waals surface area contributed by atoms with Crippen LogP contribution < -0.4 is 0 Å².